The zero-order valence-corrected chi connectivity index (χ0v) is 13.3. The van der Waals surface area contributed by atoms with Gasteiger partial charge in [-0.2, -0.15) is 0 Å². The fourth-order valence-corrected chi connectivity index (χ4v) is 3.03. The van der Waals surface area contributed by atoms with E-state index in [1.807, 2.05) is 25.1 Å². The number of hydrogen-bond acceptors (Lipinski definition) is 3. The molecule has 1 aromatic rings. The Labute approximate surface area is 128 Å². The average molecular weight is 341 g/mol. The molecule has 1 fully saturated rings. The number of halogens is 1. The van der Waals surface area contributed by atoms with Crippen LogP contribution in [0.15, 0.2) is 22.7 Å². The molecule has 0 atom stereocenters. The number of nitrogens with zero attached hydrogens (tertiary/aromatic N) is 1. The molecule has 20 heavy (non-hydrogen) atoms. The molecule has 1 aliphatic heterocycles. The number of hydrogen-bond donors (Lipinski definition) is 2. The van der Waals surface area contributed by atoms with E-state index < -0.39 is 0 Å². The average Bonchev–Trinajstić information content (AvgIpc) is 2.43. The van der Waals surface area contributed by atoms with Gasteiger partial charge in [-0.15, -0.1) is 0 Å². The van der Waals surface area contributed by atoms with Gasteiger partial charge in [0, 0.05) is 11.1 Å². The number of rotatable bonds is 4. The van der Waals surface area contributed by atoms with Crippen molar-refractivity contribution in [2.75, 3.05) is 31.6 Å². The van der Waals surface area contributed by atoms with Crippen molar-refractivity contribution in [1.29, 1.82) is 0 Å². The summed E-state index contributed by atoms with van der Waals surface area (Å²) in [7, 11) is 0. The zero-order chi connectivity index (χ0) is 14.5. The molecule has 0 aromatic heterocycles. The molecule has 1 amide bonds. The maximum atomic E-state index is 12.0. The van der Waals surface area contributed by atoms with E-state index in [-0.39, 0.29) is 12.5 Å². The third-order valence-electron chi connectivity index (χ3n) is 3.73. The summed E-state index contributed by atoms with van der Waals surface area (Å²) in [5.74, 6) is 0.414. The molecule has 5 heteroatoms. The summed E-state index contributed by atoms with van der Waals surface area (Å²) >= 11 is 3.46. The molecule has 4 nitrogen and oxygen atoms in total. The summed E-state index contributed by atoms with van der Waals surface area (Å²) in [5.41, 5.74) is 1.96. The van der Waals surface area contributed by atoms with E-state index in [1.54, 1.807) is 0 Å². The lowest BCUT2D eigenvalue weighted by Gasteiger charge is -2.30. The molecular formula is C15H21BrN2O2. The molecule has 2 N–H and O–H groups in total. The van der Waals surface area contributed by atoms with Crippen LogP contribution in [0.2, 0.25) is 0 Å². The molecular weight excluding hydrogens is 320 g/mol. The lowest BCUT2D eigenvalue weighted by atomic mass is 9.98. The first-order valence-electron chi connectivity index (χ1n) is 6.97. The van der Waals surface area contributed by atoms with Gasteiger partial charge < -0.3 is 10.4 Å². The number of piperidine rings is 1. The van der Waals surface area contributed by atoms with Crippen molar-refractivity contribution < 1.29 is 9.90 Å². The number of carbonyl (C=O) groups excluding carboxylic acids is 1. The molecule has 1 aliphatic rings. The molecule has 1 saturated heterocycles. The maximum absolute atomic E-state index is 12.0. The first kappa shape index (κ1) is 15.5. The SMILES string of the molecule is Cc1ccc(NC(=O)CN2CCC(CO)CC2)c(Br)c1. The highest BCUT2D eigenvalue weighted by molar-refractivity contribution is 9.10. The van der Waals surface area contributed by atoms with Crippen molar-refractivity contribution in [1.82, 2.24) is 4.90 Å². The van der Waals surface area contributed by atoms with Gasteiger partial charge in [0.25, 0.3) is 0 Å². The van der Waals surface area contributed by atoms with E-state index in [0.29, 0.717) is 12.5 Å². The standard InChI is InChI=1S/C15H21BrN2O2/c1-11-2-3-14(13(16)8-11)17-15(20)9-18-6-4-12(10-19)5-7-18/h2-3,8,12,19H,4-7,9-10H2,1H3,(H,17,20). The molecule has 0 radical (unpaired) electrons. The Bertz CT molecular complexity index is 471. The topological polar surface area (TPSA) is 52.6 Å². The second-order valence-electron chi connectivity index (χ2n) is 5.43. The Balaban J connectivity index is 1.84. The van der Waals surface area contributed by atoms with Crippen LogP contribution < -0.4 is 5.32 Å². The van der Waals surface area contributed by atoms with Gasteiger partial charge in [0.1, 0.15) is 0 Å². The molecule has 0 bridgehead atoms. The maximum Gasteiger partial charge on any atom is 0.238 e. The number of aliphatic hydroxyl groups excluding tert-OH is 1. The summed E-state index contributed by atoms with van der Waals surface area (Å²) in [6.45, 7) is 4.46. The summed E-state index contributed by atoms with van der Waals surface area (Å²) in [6.07, 6.45) is 1.94. The third kappa shape index (κ3) is 4.30. The highest BCUT2D eigenvalue weighted by Gasteiger charge is 2.20. The first-order valence-corrected chi connectivity index (χ1v) is 7.77. The number of anilines is 1. The van der Waals surface area contributed by atoms with Gasteiger partial charge in [0.05, 0.1) is 12.2 Å². The van der Waals surface area contributed by atoms with Crippen LogP contribution >= 0.6 is 15.9 Å². The Kier molecular flexibility index (Phi) is 5.57. The molecule has 0 unspecified atom stereocenters. The fourth-order valence-electron chi connectivity index (χ4n) is 2.44. The number of aryl methyl sites for hydroxylation is 1. The fraction of sp³-hybridized carbons (Fsp3) is 0.533. The Morgan fingerprint density at radius 2 is 2.15 bits per heavy atom. The van der Waals surface area contributed by atoms with Crippen LogP contribution in [0.5, 0.6) is 0 Å². The minimum atomic E-state index is 0.0111. The number of aliphatic hydroxyl groups is 1. The first-order chi connectivity index (χ1) is 9.58. The van der Waals surface area contributed by atoms with Crippen molar-refractivity contribution in [3.8, 4) is 0 Å². The highest BCUT2D eigenvalue weighted by atomic mass is 79.9. The monoisotopic (exact) mass is 340 g/mol. The largest absolute Gasteiger partial charge is 0.396 e. The quantitative estimate of drug-likeness (QED) is 0.884. The Morgan fingerprint density at radius 1 is 1.45 bits per heavy atom. The number of amides is 1. The van der Waals surface area contributed by atoms with E-state index in [1.165, 1.54) is 0 Å². The van der Waals surface area contributed by atoms with Gasteiger partial charge >= 0.3 is 0 Å². The molecule has 1 heterocycles. The number of carbonyl (C=O) groups is 1. The summed E-state index contributed by atoms with van der Waals surface area (Å²) < 4.78 is 0.907. The van der Waals surface area contributed by atoms with Gasteiger partial charge in [-0.3, -0.25) is 9.69 Å². The Hall–Kier alpha value is -0.910. The third-order valence-corrected chi connectivity index (χ3v) is 4.39. The number of likely N-dealkylation sites (tertiary alicyclic amines) is 1. The van der Waals surface area contributed by atoms with E-state index in [4.69, 9.17) is 5.11 Å². The van der Waals surface area contributed by atoms with Gasteiger partial charge in [-0.05, 0) is 72.4 Å². The molecule has 2 rings (SSSR count). The summed E-state index contributed by atoms with van der Waals surface area (Å²) in [5, 5.41) is 12.0. The second-order valence-corrected chi connectivity index (χ2v) is 6.29. The van der Waals surface area contributed by atoms with Gasteiger partial charge in [0.15, 0.2) is 0 Å². The normalized spacial score (nSPS) is 17.1. The summed E-state index contributed by atoms with van der Waals surface area (Å²) in [4.78, 5) is 14.2. The Morgan fingerprint density at radius 3 is 2.75 bits per heavy atom. The van der Waals surface area contributed by atoms with Gasteiger partial charge in [-0.25, -0.2) is 0 Å². The molecule has 0 aliphatic carbocycles. The highest BCUT2D eigenvalue weighted by Crippen LogP contribution is 2.23. The van der Waals surface area contributed by atoms with Crippen LogP contribution in [0.25, 0.3) is 0 Å². The van der Waals surface area contributed by atoms with E-state index in [2.05, 4.69) is 26.1 Å². The van der Waals surface area contributed by atoms with Gasteiger partial charge in [0.2, 0.25) is 5.91 Å². The number of benzene rings is 1. The van der Waals surface area contributed by atoms with Crippen molar-refractivity contribution in [3.63, 3.8) is 0 Å². The van der Waals surface area contributed by atoms with Gasteiger partial charge in [-0.1, -0.05) is 6.07 Å². The van der Waals surface area contributed by atoms with Crippen molar-refractivity contribution in [3.05, 3.63) is 28.2 Å². The second kappa shape index (κ2) is 7.20. The van der Waals surface area contributed by atoms with Crippen LogP contribution in [0.4, 0.5) is 5.69 Å². The van der Waals surface area contributed by atoms with Crippen LogP contribution in [0.1, 0.15) is 18.4 Å². The van der Waals surface area contributed by atoms with Crippen LogP contribution in [-0.4, -0.2) is 42.2 Å². The van der Waals surface area contributed by atoms with E-state index in [9.17, 15) is 4.79 Å². The lowest BCUT2D eigenvalue weighted by Crippen LogP contribution is -2.39. The van der Waals surface area contributed by atoms with Crippen molar-refractivity contribution in [2.45, 2.75) is 19.8 Å². The zero-order valence-electron chi connectivity index (χ0n) is 11.7. The summed E-state index contributed by atoms with van der Waals surface area (Å²) in [6, 6.07) is 5.88. The van der Waals surface area contributed by atoms with E-state index in [0.717, 1.165) is 41.7 Å². The molecule has 110 valence electrons. The minimum Gasteiger partial charge on any atom is -0.396 e. The number of nitrogens with one attached hydrogen (secondary N) is 1. The van der Waals surface area contributed by atoms with Crippen LogP contribution in [0.3, 0.4) is 0 Å². The minimum absolute atomic E-state index is 0.0111. The molecule has 0 spiro atoms. The van der Waals surface area contributed by atoms with Crippen molar-refractivity contribution in [2.24, 2.45) is 5.92 Å². The van der Waals surface area contributed by atoms with Crippen LogP contribution in [0, 0.1) is 12.8 Å². The predicted octanol–water partition coefficient (Wildman–Crippen LogP) is 2.40. The lowest BCUT2D eigenvalue weighted by molar-refractivity contribution is -0.117. The van der Waals surface area contributed by atoms with Crippen LogP contribution in [-0.2, 0) is 4.79 Å². The van der Waals surface area contributed by atoms with Crippen molar-refractivity contribution >= 4 is 27.5 Å². The molecule has 1 aromatic carbocycles. The van der Waals surface area contributed by atoms with E-state index >= 15 is 0 Å². The molecule has 0 saturated carbocycles. The predicted molar refractivity (Wildman–Crippen MR) is 83.8 cm³/mol. The smallest absolute Gasteiger partial charge is 0.238 e.